The van der Waals surface area contributed by atoms with Crippen molar-refractivity contribution in [3.63, 3.8) is 0 Å². The van der Waals surface area contributed by atoms with Crippen molar-refractivity contribution in [3.05, 3.63) is 113 Å². The Labute approximate surface area is 189 Å². The molecule has 32 heavy (non-hydrogen) atoms. The van der Waals surface area contributed by atoms with E-state index in [-0.39, 0.29) is 23.5 Å². The van der Waals surface area contributed by atoms with Gasteiger partial charge in [-0.25, -0.2) is 9.37 Å². The first kappa shape index (κ1) is 21.5. The zero-order chi connectivity index (χ0) is 22.2. The summed E-state index contributed by atoms with van der Waals surface area (Å²) in [4.78, 5) is 17.0. The Morgan fingerprint density at radius 2 is 1.56 bits per heavy atom. The lowest BCUT2D eigenvalue weighted by atomic mass is 9.99. The van der Waals surface area contributed by atoms with Gasteiger partial charge in [0.25, 0.3) is 0 Å². The second-order valence-corrected chi connectivity index (χ2v) is 7.94. The maximum atomic E-state index is 13.0. The summed E-state index contributed by atoms with van der Waals surface area (Å²) in [6.07, 6.45) is 3.57. The highest BCUT2D eigenvalue weighted by molar-refractivity contribution is 7.99. The molecule has 0 aliphatic rings. The highest BCUT2D eigenvalue weighted by Crippen LogP contribution is 2.22. The fraction of sp³-hybridized carbons (Fsp3) is 0.0800. The van der Waals surface area contributed by atoms with Crippen LogP contribution in [0.25, 0.3) is 12.2 Å². The molecule has 160 valence electrons. The maximum Gasteiger partial charge on any atom is 0.231 e. The topological polar surface area (TPSA) is 70.7 Å². The van der Waals surface area contributed by atoms with Crippen LogP contribution in [0.2, 0.25) is 0 Å². The molecule has 0 fully saturated rings. The van der Waals surface area contributed by atoms with Gasteiger partial charge in [-0.05, 0) is 34.9 Å². The molecule has 3 aromatic carbocycles. The number of hydrogen-bond donors (Lipinski definition) is 2. The molecule has 0 aliphatic carbocycles. The van der Waals surface area contributed by atoms with Crippen LogP contribution in [-0.4, -0.2) is 26.8 Å². The number of halogens is 1. The van der Waals surface area contributed by atoms with Crippen molar-refractivity contribution in [2.75, 3.05) is 5.75 Å². The Morgan fingerprint density at radius 1 is 0.938 bits per heavy atom. The van der Waals surface area contributed by atoms with E-state index in [1.54, 1.807) is 18.2 Å². The molecule has 5 nitrogen and oxygen atoms in total. The lowest BCUT2D eigenvalue weighted by molar-refractivity contribution is -0.119. The summed E-state index contributed by atoms with van der Waals surface area (Å²) in [6.45, 7) is 0. The average Bonchev–Trinajstić information content (AvgIpc) is 3.30. The molecule has 0 bridgehead atoms. The number of rotatable bonds is 8. The lowest BCUT2D eigenvalue weighted by Crippen LogP contribution is -2.30. The number of amides is 1. The van der Waals surface area contributed by atoms with Gasteiger partial charge in [0.15, 0.2) is 0 Å². The second kappa shape index (κ2) is 10.5. The van der Waals surface area contributed by atoms with Gasteiger partial charge >= 0.3 is 0 Å². The maximum absolute atomic E-state index is 13.0. The van der Waals surface area contributed by atoms with Crippen molar-refractivity contribution in [1.29, 1.82) is 0 Å². The largest absolute Gasteiger partial charge is 0.344 e. The Bertz CT molecular complexity index is 1140. The number of aromatic nitrogens is 3. The molecule has 0 saturated carbocycles. The first-order valence-corrected chi connectivity index (χ1v) is 11.0. The third-order valence-corrected chi connectivity index (χ3v) is 5.54. The van der Waals surface area contributed by atoms with E-state index in [2.05, 4.69) is 20.5 Å². The summed E-state index contributed by atoms with van der Waals surface area (Å²) in [5, 5.41) is 10.6. The van der Waals surface area contributed by atoms with E-state index in [1.807, 2.05) is 66.7 Å². The molecule has 0 spiro atoms. The van der Waals surface area contributed by atoms with E-state index in [9.17, 15) is 9.18 Å². The van der Waals surface area contributed by atoms with Gasteiger partial charge in [-0.15, -0.1) is 5.10 Å². The van der Waals surface area contributed by atoms with Crippen LogP contribution in [-0.2, 0) is 4.79 Å². The van der Waals surface area contributed by atoms with Gasteiger partial charge < -0.3 is 5.32 Å². The molecule has 0 radical (unpaired) electrons. The van der Waals surface area contributed by atoms with E-state index < -0.39 is 0 Å². The van der Waals surface area contributed by atoms with Crippen LogP contribution in [0, 0.1) is 5.82 Å². The highest BCUT2D eigenvalue weighted by Gasteiger charge is 2.17. The van der Waals surface area contributed by atoms with Crippen LogP contribution in [0.1, 0.15) is 28.6 Å². The molecule has 1 aromatic heterocycles. The summed E-state index contributed by atoms with van der Waals surface area (Å²) >= 11 is 1.26. The predicted octanol–water partition coefficient (Wildman–Crippen LogP) is 5.11. The molecule has 7 heteroatoms. The summed E-state index contributed by atoms with van der Waals surface area (Å²) in [7, 11) is 0. The summed E-state index contributed by atoms with van der Waals surface area (Å²) in [6, 6.07) is 25.7. The van der Waals surface area contributed by atoms with Crippen molar-refractivity contribution in [2.45, 2.75) is 11.2 Å². The number of benzene rings is 3. The van der Waals surface area contributed by atoms with Crippen molar-refractivity contribution in [1.82, 2.24) is 20.5 Å². The van der Waals surface area contributed by atoms with Crippen LogP contribution >= 0.6 is 11.8 Å². The Balaban J connectivity index is 1.36. The number of carbonyl (C=O) groups excluding carboxylic acids is 1. The SMILES string of the molecule is O=C(CSc1n[nH]c(/C=C/c2ccc(F)cc2)n1)NC(c1ccccc1)c1ccccc1. The summed E-state index contributed by atoms with van der Waals surface area (Å²) in [5.41, 5.74) is 2.88. The number of H-pyrrole nitrogens is 1. The number of nitrogens with zero attached hydrogens (tertiary/aromatic N) is 2. The fourth-order valence-corrected chi connectivity index (χ4v) is 3.75. The van der Waals surface area contributed by atoms with Crippen molar-refractivity contribution < 1.29 is 9.18 Å². The smallest absolute Gasteiger partial charge is 0.231 e. The van der Waals surface area contributed by atoms with Crippen LogP contribution < -0.4 is 5.32 Å². The minimum Gasteiger partial charge on any atom is -0.344 e. The molecule has 0 unspecified atom stereocenters. The zero-order valence-corrected chi connectivity index (χ0v) is 17.9. The van der Waals surface area contributed by atoms with Crippen molar-refractivity contribution in [3.8, 4) is 0 Å². The predicted molar refractivity (Wildman–Crippen MR) is 125 cm³/mol. The summed E-state index contributed by atoms with van der Waals surface area (Å²) in [5.74, 6) is 0.361. The van der Waals surface area contributed by atoms with Gasteiger partial charge in [0, 0.05) is 0 Å². The number of thioether (sulfide) groups is 1. The minimum atomic E-state index is -0.277. The fourth-order valence-electron chi connectivity index (χ4n) is 3.13. The van der Waals surface area contributed by atoms with Crippen LogP contribution in [0.15, 0.2) is 90.1 Å². The van der Waals surface area contributed by atoms with E-state index in [0.717, 1.165) is 16.7 Å². The van der Waals surface area contributed by atoms with Crippen LogP contribution in [0.5, 0.6) is 0 Å². The molecule has 4 aromatic rings. The minimum absolute atomic E-state index is 0.110. The Morgan fingerprint density at radius 3 is 2.19 bits per heavy atom. The van der Waals surface area contributed by atoms with Gasteiger partial charge in [0.05, 0.1) is 11.8 Å². The second-order valence-electron chi connectivity index (χ2n) is 7.00. The third kappa shape index (κ3) is 5.92. The first-order valence-electron chi connectivity index (χ1n) is 10.1. The number of carbonyl (C=O) groups is 1. The lowest BCUT2D eigenvalue weighted by Gasteiger charge is -2.19. The van der Waals surface area contributed by atoms with Crippen LogP contribution in [0.3, 0.4) is 0 Å². The normalized spacial score (nSPS) is 11.2. The molecule has 1 amide bonds. The van der Waals surface area contributed by atoms with Gasteiger partial charge in [0.2, 0.25) is 11.1 Å². The number of hydrogen-bond acceptors (Lipinski definition) is 4. The molecular weight excluding hydrogens is 423 g/mol. The monoisotopic (exact) mass is 444 g/mol. The Hall–Kier alpha value is -3.71. The van der Waals surface area contributed by atoms with E-state index >= 15 is 0 Å². The van der Waals surface area contributed by atoms with Gasteiger partial charge in [-0.2, -0.15) is 0 Å². The molecule has 0 saturated heterocycles. The van der Waals surface area contributed by atoms with Gasteiger partial charge in [-0.1, -0.05) is 90.6 Å². The molecule has 4 rings (SSSR count). The molecular formula is C25H21FN4OS. The first-order chi connectivity index (χ1) is 15.7. The number of nitrogens with one attached hydrogen (secondary N) is 2. The third-order valence-electron chi connectivity index (χ3n) is 4.69. The van der Waals surface area contributed by atoms with E-state index in [1.165, 1.54) is 23.9 Å². The highest BCUT2D eigenvalue weighted by atomic mass is 32.2. The van der Waals surface area contributed by atoms with E-state index in [4.69, 9.17) is 0 Å². The molecule has 1 heterocycles. The molecule has 0 aliphatic heterocycles. The quantitative estimate of drug-likeness (QED) is 0.371. The number of aromatic amines is 1. The Kier molecular flexibility index (Phi) is 7.09. The van der Waals surface area contributed by atoms with E-state index in [0.29, 0.717) is 11.0 Å². The zero-order valence-electron chi connectivity index (χ0n) is 17.1. The van der Waals surface area contributed by atoms with Gasteiger partial charge in [0.1, 0.15) is 11.6 Å². The van der Waals surface area contributed by atoms with Crippen molar-refractivity contribution in [2.24, 2.45) is 0 Å². The molecule has 2 N–H and O–H groups in total. The van der Waals surface area contributed by atoms with Crippen molar-refractivity contribution >= 4 is 29.8 Å². The average molecular weight is 445 g/mol. The van der Waals surface area contributed by atoms with Gasteiger partial charge in [-0.3, -0.25) is 9.89 Å². The summed E-state index contributed by atoms with van der Waals surface area (Å²) < 4.78 is 13.0. The van der Waals surface area contributed by atoms with Crippen LogP contribution in [0.4, 0.5) is 4.39 Å². The standard InChI is InChI=1S/C25H21FN4OS/c26-21-14-11-18(12-15-21)13-16-22-27-25(30-29-22)32-17-23(31)28-24(19-7-3-1-4-8-19)20-9-5-2-6-10-20/h1-16,24H,17H2,(H,28,31)(H,27,29,30)/b16-13+. The molecule has 0 atom stereocenters.